The average Bonchev–Trinajstić information content (AvgIpc) is 2.16. The highest BCUT2D eigenvalue weighted by Gasteiger charge is 2.18. The van der Waals surface area contributed by atoms with Crippen LogP contribution >= 0.6 is 0 Å². The standard InChI is InChI=1S/C13H21NO/c1-9(2)8-12(14)13(15)11-7-5-4-6-10(11)3/h4-7,9,12-13,15H,8,14H2,1-3H3/t12-,13+/m1/s1. The normalized spacial score (nSPS) is 15.3. The lowest BCUT2D eigenvalue weighted by atomic mass is 9.93. The Kier molecular flexibility index (Phi) is 4.30. The van der Waals surface area contributed by atoms with Gasteiger partial charge in [-0.2, -0.15) is 0 Å². The van der Waals surface area contributed by atoms with Crippen LogP contribution in [0.15, 0.2) is 24.3 Å². The van der Waals surface area contributed by atoms with Crippen molar-refractivity contribution >= 4 is 0 Å². The van der Waals surface area contributed by atoms with Crippen molar-refractivity contribution in [2.75, 3.05) is 0 Å². The number of hydrogen-bond acceptors (Lipinski definition) is 2. The molecule has 0 radical (unpaired) electrons. The maximum Gasteiger partial charge on any atom is 0.0943 e. The van der Waals surface area contributed by atoms with Gasteiger partial charge in [0.25, 0.3) is 0 Å². The van der Waals surface area contributed by atoms with Crippen molar-refractivity contribution in [3.05, 3.63) is 35.4 Å². The van der Waals surface area contributed by atoms with Gasteiger partial charge in [0.05, 0.1) is 6.10 Å². The van der Waals surface area contributed by atoms with E-state index in [1.807, 2.05) is 31.2 Å². The van der Waals surface area contributed by atoms with E-state index < -0.39 is 6.10 Å². The molecule has 3 N–H and O–H groups in total. The van der Waals surface area contributed by atoms with Gasteiger partial charge in [-0.25, -0.2) is 0 Å². The number of hydrogen-bond donors (Lipinski definition) is 2. The van der Waals surface area contributed by atoms with Crippen LogP contribution in [0.2, 0.25) is 0 Å². The average molecular weight is 207 g/mol. The number of aryl methyl sites for hydroxylation is 1. The summed E-state index contributed by atoms with van der Waals surface area (Å²) < 4.78 is 0. The second kappa shape index (κ2) is 5.29. The van der Waals surface area contributed by atoms with Crippen LogP contribution in [-0.2, 0) is 0 Å². The molecule has 0 fully saturated rings. The molecule has 0 unspecified atom stereocenters. The lowest BCUT2D eigenvalue weighted by Gasteiger charge is -2.22. The van der Waals surface area contributed by atoms with Crippen molar-refractivity contribution in [1.82, 2.24) is 0 Å². The highest BCUT2D eigenvalue weighted by Crippen LogP contribution is 2.22. The monoisotopic (exact) mass is 207 g/mol. The fourth-order valence-corrected chi connectivity index (χ4v) is 1.82. The molecule has 1 aromatic rings. The van der Waals surface area contributed by atoms with Crippen molar-refractivity contribution in [1.29, 1.82) is 0 Å². The first-order valence-electron chi connectivity index (χ1n) is 5.51. The van der Waals surface area contributed by atoms with E-state index in [1.165, 1.54) is 0 Å². The Bertz CT molecular complexity index is 309. The predicted molar refractivity (Wildman–Crippen MR) is 63.6 cm³/mol. The maximum atomic E-state index is 10.1. The van der Waals surface area contributed by atoms with Crippen molar-refractivity contribution in [2.45, 2.75) is 39.3 Å². The molecule has 0 bridgehead atoms. The molecule has 2 atom stereocenters. The zero-order chi connectivity index (χ0) is 11.4. The maximum absolute atomic E-state index is 10.1. The molecule has 0 heterocycles. The van der Waals surface area contributed by atoms with Gasteiger partial charge in [0.15, 0.2) is 0 Å². The van der Waals surface area contributed by atoms with Crippen LogP contribution in [0.3, 0.4) is 0 Å². The van der Waals surface area contributed by atoms with E-state index >= 15 is 0 Å². The summed E-state index contributed by atoms with van der Waals surface area (Å²) in [6.45, 7) is 6.23. The second-order valence-electron chi connectivity index (χ2n) is 4.59. The van der Waals surface area contributed by atoms with E-state index in [9.17, 15) is 5.11 Å². The lowest BCUT2D eigenvalue weighted by Crippen LogP contribution is -2.30. The van der Waals surface area contributed by atoms with Gasteiger partial charge in [-0.3, -0.25) is 0 Å². The third-order valence-corrected chi connectivity index (χ3v) is 2.66. The third-order valence-electron chi connectivity index (χ3n) is 2.66. The number of benzene rings is 1. The molecule has 2 nitrogen and oxygen atoms in total. The van der Waals surface area contributed by atoms with Gasteiger partial charge < -0.3 is 10.8 Å². The largest absolute Gasteiger partial charge is 0.387 e. The minimum Gasteiger partial charge on any atom is -0.387 e. The van der Waals surface area contributed by atoms with Gasteiger partial charge in [-0.1, -0.05) is 38.1 Å². The molecule has 0 amide bonds. The molecule has 2 heteroatoms. The van der Waals surface area contributed by atoms with Gasteiger partial charge >= 0.3 is 0 Å². The van der Waals surface area contributed by atoms with Crippen LogP contribution in [0.1, 0.15) is 37.5 Å². The Morgan fingerprint density at radius 2 is 1.87 bits per heavy atom. The zero-order valence-electron chi connectivity index (χ0n) is 9.77. The van der Waals surface area contributed by atoms with Gasteiger partial charge in [0.2, 0.25) is 0 Å². The molecule has 84 valence electrons. The molecular weight excluding hydrogens is 186 g/mol. The summed E-state index contributed by atoms with van der Waals surface area (Å²) in [5.74, 6) is 0.513. The smallest absolute Gasteiger partial charge is 0.0943 e. The minimum absolute atomic E-state index is 0.175. The van der Waals surface area contributed by atoms with Crippen LogP contribution in [0.5, 0.6) is 0 Å². The van der Waals surface area contributed by atoms with Crippen molar-refractivity contribution in [2.24, 2.45) is 11.7 Å². The summed E-state index contributed by atoms with van der Waals surface area (Å²) in [4.78, 5) is 0. The van der Waals surface area contributed by atoms with Crippen molar-refractivity contribution < 1.29 is 5.11 Å². The van der Waals surface area contributed by atoms with Crippen LogP contribution in [0.4, 0.5) is 0 Å². The predicted octanol–water partition coefficient (Wildman–Crippen LogP) is 2.40. The summed E-state index contributed by atoms with van der Waals surface area (Å²) in [7, 11) is 0. The molecule has 0 aliphatic rings. The van der Waals surface area contributed by atoms with Crippen molar-refractivity contribution in [3.63, 3.8) is 0 Å². The molecule has 0 saturated heterocycles. The molecule has 0 aliphatic carbocycles. The number of aliphatic hydroxyl groups is 1. The minimum atomic E-state index is -0.548. The van der Waals surface area contributed by atoms with E-state index in [0.29, 0.717) is 5.92 Å². The molecule has 1 rings (SSSR count). The Morgan fingerprint density at radius 3 is 2.40 bits per heavy atom. The first-order valence-corrected chi connectivity index (χ1v) is 5.51. The van der Waals surface area contributed by atoms with Crippen LogP contribution < -0.4 is 5.73 Å². The fraction of sp³-hybridized carbons (Fsp3) is 0.538. The van der Waals surface area contributed by atoms with E-state index in [0.717, 1.165) is 17.5 Å². The van der Waals surface area contributed by atoms with Gasteiger partial charge in [-0.15, -0.1) is 0 Å². The molecule has 0 saturated carbocycles. The molecule has 0 aliphatic heterocycles. The van der Waals surface area contributed by atoms with E-state index in [1.54, 1.807) is 0 Å². The fourth-order valence-electron chi connectivity index (χ4n) is 1.82. The quantitative estimate of drug-likeness (QED) is 0.796. The number of nitrogens with two attached hydrogens (primary N) is 1. The Morgan fingerprint density at radius 1 is 1.27 bits per heavy atom. The van der Waals surface area contributed by atoms with Gasteiger partial charge in [0.1, 0.15) is 0 Å². The first kappa shape index (κ1) is 12.2. The topological polar surface area (TPSA) is 46.2 Å². The summed E-state index contributed by atoms with van der Waals surface area (Å²) in [5, 5.41) is 10.1. The highest BCUT2D eigenvalue weighted by molar-refractivity contribution is 5.28. The van der Waals surface area contributed by atoms with E-state index in [-0.39, 0.29) is 6.04 Å². The van der Waals surface area contributed by atoms with Gasteiger partial charge in [-0.05, 0) is 30.4 Å². The van der Waals surface area contributed by atoms with Gasteiger partial charge in [0, 0.05) is 6.04 Å². The zero-order valence-corrected chi connectivity index (χ0v) is 9.77. The molecule has 15 heavy (non-hydrogen) atoms. The second-order valence-corrected chi connectivity index (χ2v) is 4.59. The molecule has 0 spiro atoms. The Hall–Kier alpha value is -0.860. The van der Waals surface area contributed by atoms with Crippen LogP contribution in [-0.4, -0.2) is 11.1 Å². The lowest BCUT2D eigenvalue weighted by molar-refractivity contribution is 0.135. The van der Waals surface area contributed by atoms with Crippen LogP contribution in [0, 0.1) is 12.8 Å². The molecule has 1 aromatic carbocycles. The Labute approximate surface area is 92.1 Å². The first-order chi connectivity index (χ1) is 7.02. The summed E-state index contributed by atoms with van der Waals surface area (Å²) in [5.41, 5.74) is 8.02. The number of aliphatic hydroxyl groups excluding tert-OH is 1. The summed E-state index contributed by atoms with van der Waals surface area (Å²) in [6, 6.07) is 7.68. The van der Waals surface area contributed by atoms with Crippen molar-refractivity contribution in [3.8, 4) is 0 Å². The van der Waals surface area contributed by atoms with Crippen LogP contribution in [0.25, 0.3) is 0 Å². The third kappa shape index (κ3) is 3.33. The van der Waals surface area contributed by atoms with E-state index in [4.69, 9.17) is 5.73 Å². The highest BCUT2D eigenvalue weighted by atomic mass is 16.3. The SMILES string of the molecule is Cc1ccccc1[C@H](O)[C@H](N)CC(C)C. The summed E-state index contributed by atoms with van der Waals surface area (Å²) >= 11 is 0. The van der Waals surface area contributed by atoms with E-state index in [2.05, 4.69) is 13.8 Å². The molecule has 0 aromatic heterocycles. The number of rotatable bonds is 4. The molecular formula is C13H21NO. The summed E-state index contributed by atoms with van der Waals surface area (Å²) in [6.07, 6.45) is 0.295. The Balaban J connectivity index is 2.76.